The van der Waals surface area contributed by atoms with Crippen LogP contribution in [0, 0.1) is 5.92 Å². The Morgan fingerprint density at radius 1 is 1.29 bits per heavy atom. The second-order valence-corrected chi connectivity index (χ2v) is 6.23. The fourth-order valence-electron chi connectivity index (χ4n) is 3.07. The zero-order valence-electron chi connectivity index (χ0n) is 12.9. The second kappa shape index (κ2) is 6.39. The molecule has 0 aliphatic carbocycles. The fourth-order valence-corrected chi connectivity index (χ4v) is 3.07. The Morgan fingerprint density at radius 2 is 2.14 bits per heavy atom. The molecule has 21 heavy (non-hydrogen) atoms. The minimum atomic E-state index is 0.556. The lowest BCUT2D eigenvalue weighted by molar-refractivity contribution is 0.378. The van der Waals surface area contributed by atoms with Crippen LogP contribution in [-0.2, 0) is 0 Å². The molecule has 0 amide bonds. The molecule has 1 aliphatic heterocycles. The minimum absolute atomic E-state index is 0.556. The fraction of sp³-hybridized carbons (Fsp3) is 0.529. The van der Waals surface area contributed by atoms with Crippen molar-refractivity contribution >= 4 is 16.7 Å². The third kappa shape index (κ3) is 3.32. The van der Waals surface area contributed by atoms with Gasteiger partial charge in [0.05, 0.1) is 5.52 Å². The second-order valence-electron chi connectivity index (χ2n) is 6.23. The summed E-state index contributed by atoms with van der Waals surface area (Å²) in [6.07, 6.45) is 4.23. The van der Waals surface area contributed by atoms with Crippen LogP contribution in [0.2, 0.25) is 0 Å². The molecule has 0 spiro atoms. The summed E-state index contributed by atoms with van der Waals surface area (Å²) >= 11 is 0. The molecule has 112 valence electrons. The van der Waals surface area contributed by atoms with Gasteiger partial charge in [0.15, 0.2) is 0 Å². The largest absolute Gasteiger partial charge is 0.356 e. The van der Waals surface area contributed by atoms with E-state index in [1.54, 1.807) is 6.33 Å². The number of fused-ring (bicyclic) bond motifs is 1. The predicted molar refractivity (Wildman–Crippen MR) is 87.6 cm³/mol. The van der Waals surface area contributed by atoms with Crippen LogP contribution in [0.25, 0.3) is 10.9 Å². The zero-order valence-corrected chi connectivity index (χ0v) is 12.9. The van der Waals surface area contributed by atoms with Gasteiger partial charge in [-0.2, -0.15) is 0 Å². The van der Waals surface area contributed by atoms with E-state index < -0.39 is 0 Å². The molecule has 1 aromatic heterocycles. The molecule has 0 bridgehead atoms. The maximum absolute atomic E-state index is 4.55. The van der Waals surface area contributed by atoms with E-state index in [-0.39, 0.29) is 0 Å². The summed E-state index contributed by atoms with van der Waals surface area (Å²) in [4.78, 5) is 11.4. The van der Waals surface area contributed by atoms with E-state index >= 15 is 0 Å². The lowest BCUT2D eigenvalue weighted by atomic mass is 9.97. The Hall–Kier alpha value is -1.68. The number of rotatable bonds is 4. The van der Waals surface area contributed by atoms with Gasteiger partial charge in [0.2, 0.25) is 0 Å². The molecular weight excluding hydrogens is 260 g/mol. The Labute approximate surface area is 126 Å². The van der Waals surface area contributed by atoms with Crippen LogP contribution in [0.1, 0.15) is 26.7 Å². The highest BCUT2D eigenvalue weighted by atomic mass is 15.2. The smallest absolute Gasteiger partial charge is 0.139 e. The quantitative estimate of drug-likeness (QED) is 0.937. The minimum Gasteiger partial charge on any atom is -0.356 e. The van der Waals surface area contributed by atoms with E-state index in [1.807, 2.05) is 6.07 Å². The maximum atomic E-state index is 4.55. The van der Waals surface area contributed by atoms with Crippen LogP contribution in [0.4, 0.5) is 5.82 Å². The predicted octanol–water partition coefficient (Wildman–Crippen LogP) is 2.84. The van der Waals surface area contributed by atoms with Gasteiger partial charge < -0.3 is 10.2 Å². The Bertz CT molecular complexity index is 591. The molecule has 2 aromatic rings. The third-order valence-electron chi connectivity index (χ3n) is 4.16. The lowest BCUT2D eigenvalue weighted by Gasteiger charge is -2.34. The highest BCUT2D eigenvalue weighted by Gasteiger charge is 2.22. The molecule has 1 fully saturated rings. The average Bonchev–Trinajstić information content (AvgIpc) is 2.52. The van der Waals surface area contributed by atoms with Crippen LogP contribution in [0.15, 0.2) is 30.6 Å². The molecule has 1 unspecified atom stereocenters. The van der Waals surface area contributed by atoms with E-state index in [1.165, 1.54) is 12.8 Å². The molecule has 4 heteroatoms. The van der Waals surface area contributed by atoms with Crippen molar-refractivity contribution in [2.24, 2.45) is 5.92 Å². The van der Waals surface area contributed by atoms with Crippen molar-refractivity contribution in [1.29, 1.82) is 0 Å². The van der Waals surface area contributed by atoms with Gasteiger partial charge in [-0.15, -0.1) is 0 Å². The highest BCUT2D eigenvalue weighted by molar-refractivity contribution is 5.89. The van der Waals surface area contributed by atoms with Crippen molar-refractivity contribution in [2.75, 3.05) is 24.5 Å². The standard InChI is InChI=1S/C17H24N4/c1-13(2)18-10-14-6-5-9-21(11-14)17-15-7-3-4-8-16(15)19-12-20-17/h3-4,7-8,12-14,18H,5-6,9-11H2,1-2H3. The van der Waals surface area contributed by atoms with E-state index in [2.05, 4.69) is 52.2 Å². The summed E-state index contributed by atoms with van der Waals surface area (Å²) in [5.41, 5.74) is 1.03. The monoisotopic (exact) mass is 284 g/mol. The summed E-state index contributed by atoms with van der Waals surface area (Å²) in [6, 6.07) is 8.84. The van der Waals surface area contributed by atoms with Crippen LogP contribution in [0.5, 0.6) is 0 Å². The van der Waals surface area contributed by atoms with Crippen LogP contribution < -0.4 is 10.2 Å². The lowest BCUT2D eigenvalue weighted by Crippen LogP contribution is -2.41. The van der Waals surface area contributed by atoms with Gasteiger partial charge >= 0.3 is 0 Å². The first-order chi connectivity index (χ1) is 10.2. The molecule has 3 rings (SSSR count). The molecule has 1 atom stereocenters. The molecule has 4 nitrogen and oxygen atoms in total. The SMILES string of the molecule is CC(C)NCC1CCCN(c2ncnc3ccccc23)C1. The van der Waals surface area contributed by atoms with Crippen molar-refractivity contribution in [3.05, 3.63) is 30.6 Å². The van der Waals surface area contributed by atoms with Crippen LogP contribution >= 0.6 is 0 Å². The summed E-state index contributed by atoms with van der Waals surface area (Å²) in [7, 11) is 0. The third-order valence-corrected chi connectivity index (χ3v) is 4.16. The highest BCUT2D eigenvalue weighted by Crippen LogP contribution is 2.27. The number of aromatic nitrogens is 2. The first-order valence-corrected chi connectivity index (χ1v) is 7.92. The summed E-state index contributed by atoms with van der Waals surface area (Å²) < 4.78 is 0. The summed E-state index contributed by atoms with van der Waals surface area (Å²) in [5, 5.41) is 4.73. The average molecular weight is 284 g/mol. The van der Waals surface area contributed by atoms with Crippen molar-refractivity contribution in [1.82, 2.24) is 15.3 Å². The molecule has 0 radical (unpaired) electrons. The maximum Gasteiger partial charge on any atom is 0.139 e. The van der Waals surface area contributed by atoms with Crippen LogP contribution in [-0.4, -0.2) is 35.6 Å². The molecule has 2 heterocycles. The molecular formula is C17H24N4. The van der Waals surface area contributed by atoms with Crippen molar-refractivity contribution in [2.45, 2.75) is 32.7 Å². The van der Waals surface area contributed by atoms with Gasteiger partial charge in [-0.1, -0.05) is 26.0 Å². The van der Waals surface area contributed by atoms with Gasteiger partial charge in [0.1, 0.15) is 12.1 Å². The number of hydrogen-bond donors (Lipinski definition) is 1. The van der Waals surface area contributed by atoms with Gasteiger partial charge in [0.25, 0.3) is 0 Å². The molecule has 0 saturated carbocycles. The molecule has 1 saturated heterocycles. The van der Waals surface area contributed by atoms with Crippen molar-refractivity contribution < 1.29 is 0 Å². The topological polar surface area (TPSA) is 41.0 Å². The normalized spacial score (nSPS) is 19.4. The molecule has 1 N–H and O–H groups in total. The van der Waals surface area contributed by atoms with Crippen molar-refractivity contribution in [3.63, 3.8) is 0 Å². The number of hydrogen-bond acceptors (Lipinski definition) is 4. The molecule has 1 aliphatic rings. The number of benzene rings is 1. The van der Waals surface area contributed by atoms with Gasteiger partial charge in [-0.25, -0.2) is 9.97 Å². The summed E-state index contributed by atoms with van der Waals surface area (Å²) in [6.45, 7) is 7.69. The number of nitrogens with zero attached hydrogens (tertiary/aromatic N) is 3. The Morgan fingerprint density at radius 3 is 3.00 bits per heavy atom. The van der Waals surface area contributed by atoms with E-state index in [0.29, 0.717) is 12.0 Å². The Kier molecular flexibility index (Phi) is 4.34. The summed E-state index contributed by atoms with van der Waals surface area (Å²) in [5.74, 6) is 1.80. The van der Waals surface area contributed by atoms with E-state index in [9.17, 15) is 0 Å². The molecule has 1 aromatic carbocycles. The Balaban J connectivity index is 1.78. The van der Waals surface area contributed by atoms with Gasteiger partial charge in [-0.3, -0.25) is 0 Å². The number of anilines is 1. The number of nitrogens with one attached hydrogen (secondary N) is 1. The van der Waals surface area contributed by atoms with Gasteiger partial charge in [0, 0.05) is 24.5 Å². The van der Waals surface area contributed by atoms with Crippen molar-refractivity contribution in [3.8, 4) is 0 Å². The van der Waals surface area contributed by atoms with E-state index in [4.69, 9.17) is 0 Å². The first-order valence-electron chi connectivity index (χ1n) is 7.92. The zero-order chi connectivity index (χ0) is 14.7. The van der Waals surface area contributed by atoms with E-state index in [0.717, 1.165) is 36.4 Å². The number of piperidine rings is 1. The van der Waals surface area contributed by atoms with Gasteiger partial charge in [-0.05, 0) is 37.4 Å². The van der Waals surface area contributed by atoms with Crippen LogP contribution in [0.3, 0.4) is 0 Å². The first kappa shape index (κ1) is 14.3. The number of para-hydroxylation sites is 1.